The molecule has 114 valence electrons. The molecule has 1 heterocycles. The van der Waals surface area contributed by atoms with Gasteiger partial charge < -0.3 is 15.5 Å². The number of imidazole rings is 1. The highest BCUT2D eigenvalue weighted by Gasteiger charge is 2.11. The summed E-state index contributed by atoms with van der Waals surface area (Å²) in [7, 11) is 1.67. The van der Waals surface area contributed by atoms with E-state index in [1.807, 2.05) is 30.5 Å². The van der Waals surface area contributed by atoms with E-state index >= 15 is 0 Å². The standard InChI is InChI=1S/C17H25N3O/c1-3-4-5-6-10-15(18)17-19-12-16(20-17)13-8-7-9-14(11-13)21-2/h7-9,11-12,15H,3-6,10,18H2,1-2H3,(H,19,20)/t15-/m0/s1. The summed E-state index contributed by atoms with van der Waals surface area (Å²) in [5, 5.41) is 0. The van der Waals surface area contributed by atoms with Crippen LogP contribution in [0.2, 0.25) is 0 Å². The van der Waals surface area contributed by atoms with Crippen molar-refractivity contribution in [3.05, 3.63) is 36.3 Å². The van der Waals surface area contributed by atoms with Gasteiger partial charge in [-0.1, -0.05) is 44.7 Å². The SMILES string of the molecule is CCCCCC[C@H](N)c1nc(-c2cccc(OC)c2)c[nH]1. The zero-order chi connectivity index (χ0) is 15.1. The molecule has 21 heavy (non-hydrogen) atoms. The van der Waals surface area contributed by atoms with E-state index < -0.39 is 0 Å². The maximum atomic E-state index is 6.21. The van der Waals surface area contributed by atoms with Gasteiger partial charge in [-0.3, -0.25) is 0 Å². The van der Waals surface area contributed by atoms with Crippen molar-refractivity contribution in [3.8, 4) is 17.0 Å². The lowest BCUT2D eigenvalue weighted by molar-refractivity contribution is 0.415. The molecule has 4 heteroatoms. The van der Waals surface area contributed by atoms with E-state index in [2.05, 4.69) is 16.9 Å². The fourth-order valence-corrected chi connectivity index (χ4v) is 2.38. The number of ether oxygens (including phenoxy) is 1. The Morgan fingerprint density at radius 2 is 2.14 bits per heavy atom. The van der Waals surface area contributed by atoms with Crippen molar-refractivity contribution in [3.63, 3.8) is 0 Å². The molecule has 2 rings (SSSR count). The van der Waals surface area contributed by atoms with Crippen LogP contribution >= 0.6 is 0 Å². The van der Waals surface area contributed by atoms with Crippen LogP contribution in [-0.4, -0.2) is 17.1 Å². The molecule has 0 radical (unpaired) electrons. The Bertz CT molecular complexity index is 550. The summed E-state index contributed by atoms with van der Waals surface area (Å²) >= 11 is 0. The van der Waals surface area contributed by atoms with E-state index in [1.54, 1.807) is 7.11 Å². The molecule has 0 saturated heterocycles. The molecule has 0 bridgehead atoms. The van der Waals surface area contributed by atoms with Crippen molar-refractivity contribution in [2.45, 2.75) is 45.1 Å². The number of hydrogen-bond acceptors (Lipinski definition) is 3. The van der Waals surface area contributed by atoms with E-state index in [1.165, 1.54) is 19.3 Å². The Morgan fingerprint density at radius 1 is 1.29 bits per heavy atom. The minimum absolute atomic E-state index is 0.0128. The molecular weight excluding hydrogens is 262 g/mol. The highest BCUT2D eigenvalue weighted by molar-refractivity contribution is 5.60. The molecule has 3 N–H and O–H groups in total. The number of aromatic nitrogens is 2. The van der Waals surface area contributed by atoms with Gasteiger partial charge in [0.1, 0.15) is 11.6 Å². The summed E-state index contributed by atoms with van der Waals surface area (Å²) in [4.78, 5) is 7.82. The number of aromatic amines is 1. The van der Waals surface area contributed by atoms with Gasteiger partial charge in [-0.25, -0.2) is 4.98 Å². The summed E-state index contributed by atoms with van der Waals surface area (Å²) in [6.45, 7) is 2.22. The third-order valence-electron chi connectivity index (χ3n) is 3.68. The van der Waals surface area contributed by atoms with Crippen LogP contribution in [0.3, 0.4) is 0 Å². The van der Waals surface area contributed by atoms with Crippen LogP contribution in [0.5, 0.6) is 5.75 Å². The zero-order valence-electron chi connectivity index (χ0n) is 12.9. The first-order valence-corrected chi connectivity index (χ1v) is 7.70. The topological polar surface area (TPSA) is 63.9 Å². The average molecular weight is 287 g/mol. The molecule has 1 atom stereocenters. The third-order valence-corrected chi connectivity index (χ3v) is 3.68. The van der Waals surface area contributed by atoms with Gasteiger partial charge in [0.05, 0.1) is 18.8 Å². The molecule has 1 aromatic heterocycles. The number of nitrogens with one attached hydrogen (secondary N) is 1. The Balaban J connectivity index is 2.00. The van der Waals surface area contributed by atoms with Gasteiger partial charge in [-0.15, -0.1) is 0 Å². The number of unbranched alkanes of at least 4 members (excludes halogenated alkanes) is 3. The lowest BCUT2D eigenvalue weighted by atomic mass is 10.1. The van der Waals surface area contributed by atoms with Gasteiger partial charge in [-0.2, -0.15) is 0 Å². The Morgan fingerprint density at radius 3 is 2.90 bits per heavy atom. The second-order valence-corrected chi connectivity index (χ2v) is 5.36. The molecule has 0 fully saturated rings. The first-order valence-electron chi connectivity index (χ1n) is 7.70. The molecule has 4 nitrogen and oxygen atoms in total. The minimum Gasteiger partial charge on any atom is -0.497 e. The summed E-state index contributed by atoms with van der Waals surface area (Å²) < 4.78 is 5.24. The van der Waals surface area contributed by atoms with Crippen molar-refractivity contribution < 1.29 is 4.74 Å². The summed E-state index contributed by atoms with van der Waals surface area (Å²) in [6.07, 6.45) is 7.81. The van der Waals surface area contributed by atoms with Crippen molar-refractivity contribution in [1.29, 1.82) is 0 Å². The quantitative estimate of drug-likeness (QED) is 0.720. The molecule has 0 saturated carbocycles. The van der Waals surface area contributed by atoms with Crippen molar-refractivity contribution >= 4 is 0 Å². The van der Waals surface area contributed by atoms with Gasteiger partial charge in [0.2, 0.25) is 0 Å². The normalized spacial score (nSPS) is 12.3. The largest absolute Gasteiger partial charge is 0.497 e. The lowest BCUT2D eigenvalue weighted by Gasteiger charge is -2.08. The Hall–Kier alpha value is -1.81. The number of methoxy groups -OCH3 is 1. The maximum Gasteiger partial charge on any atom is 0.123 e. The van der Waals surface area contributed by atoms with E-state index in [0.29, 0.717) is 0 Å². The summed E-state index contributed by atoms with van der Waals surface area (Å²) in [5.74, 6) is 1.70. The van der Waals surface area contributed by atoms with Gasteiger partial charge in [0, 0.05) is 11.8 Å². The van der Waals surface area contributed by atoms with Crippen molar-refractivity contribution in [2.75, 3.05) is 7.11 Å². The predicted octanol–water partition coefficient (Wildman–Crippen LogP) is 4.06. The highest BCUT2D eigenvalue weighted by atomic mass is 16.5. The first-order chi connectivity index (χ1) is 10.2. The minimum atomic E-state index is -0.0128. The Labute approximate surface area is 126 Å². The van der Waals surface area contributed by atoms with Crippen LogP contribution in [0.1, 0.15) is 50.9 Å². The first kappa shape index (κ1) is 15.6. The van der Waals surface area contributed by atoms with Crippen LogP contribution in [0.4, 0.5) is 0 Å². The van der Waals surface area contributed by atoms with Crippen molar-refractivity contribution in [2.24, 2.45) is 5.73 Å². The molecule has 2 aromatic rings. The van der Waals surface area contributed by atoms with Crippen LogP contribution in [0.15, 0.2) is 30.5 Å². The molecular formula is C17H25N3O. The number of nitrogens with two attached hydrogens (primary N) is 1. The second kappa shape index (κ2) is 7.84. The molecule has 0 unspecified atom stereocenters. The second-order valence-electron chi connectivity index (χ2n) is 5.36. The van der Waals surface area contributed by atoms with Crippen LogP contribution in [0.25, 0.3) is 11.3 Å². The molecule has 0 aliphatic rings. The van der Waals surface area contributed by atoms with Gasteiger partial charge >= 0.3 is 0 Å². The van der Waals surface area contributed by atoms with E-state index in [-0.39, 0.29) is 6.04 Å². The van der Waals surface area contributed by atoms with Gasteiger partial charge in [0.25, 0.3) is 0 Å². The van der Waals surface area contributed by atoms with E-state index in [4.69, 9.17) is 10.5 Å². The van der Waals surface area contributed by atoms with Crippen LogP contribution < -0.4 is 10.5 Å². The molecule has 1 aromatic carbocycles. The Kier molecular flexibility index (Phi) is 5.81. The highest BCUT2D eigenvalue weighted by Crippen LogP contribution is 2.24. The van der Waals surface area contributed by atoms with E-state index in [9.17, 15) is 0 Å². The third kappa shape index (κ3) is 4.33. The summed E-state index contributed by atoms with van der Waals surface area (Å²) in [6, 6.07) is 7.88. The summed E-state index contributed by atoms with van der Waals surface area (Å²) in [5.41, 5.74) is 8.15. The van der Waals surface area contributed by atoms with Gasteiger partial charge in [-0.05, 0) is 18.6 Å². The maximum absolute atomic E-state index is 6.21. The smallest absolute Gasteiger partial charge is 0.123 e. The van der Waals surface area contributed by atoms with Crippen LogP contribution in [0, 0.1) is 0 Å². The van der Waals surface area contributed by atoms with Gasteiger partial charge in [0.15, 0.2) is 0 Å². The fourth-order valence-electron chi connectivity index (χ4n) is 2.38. The average Bonchev–Trinajstić information content (AvgIpc) is 3.01. The number of nitrogens with zero attached hydrogens (tertiary/aromatic N) is 1. The number of rotatable bonds is 8. The number of benzene rings is 1. The monoisotopic (exact) mass is 287 g/mol. The van der Waals surface area contributed by atoms with E-state index in [0.717, 1.165) is 35.7 Å². The van der Waals surface area contributed by atoms with Crippen LogP contribution in [-0.2, 0) is 0 Å². The van der Waals surface area contributed by atoms with Crippen molar-refractivity contribution in [1.82, 2.24) is 9.97 Å². The predicted molar refractivity (Wildman–Crippen MR) is 86.3 cm³/mol. The molecule has 0 aliphatic heterocycles. The number of H-pyrrole nitrogens is 1. The molecule has 0 amide bonds. The zero-order valence-corrected chi connectivity index (χ0v) is 12.9. The molecule has 0 aliphatic carbocycles. The fraction of sp³-hybridized carbons (Fsp3) is 0.471. The molecule has 0 spiro atoms. The lowest BCUT2D eigenvalue weighted by Crippen LogP contribution is -2.11. The number of hydrogen-bond donors (Lipinski definition) is 2.